The van der Waals surface area contributed by atoms with Crippen molar-refractivity contribution in [2.45, 2.75) is 64.1 Å². The second kappa shape index (κ2) is 11.4. The summed E-state index contributed by atoms with van der Waals surface area (Å²) < 4.78 is 67.8. The van der Waals surface area contributed by atoms with Gasteiger partial charge < -0.3 is 4.18 Å². The molecule has 1 aliphatic rings. The fourth-order valence-corrected chi connectivity index (χ4v) is 5.95. The van der Waals surface area contributed by atoms with Crippen molar-refractivity contribution in [2.24, 2.45) is 5.92 Å². The van der Waals surface area contributed by atoms with Crippen LogP contribution in [0.5, 0.6) is 0 Å². The lowest BCUT2D eigenvalue weighted by Gasteiger charge is -2.28. The van der Waals surface area contributed by atoms with Gasteiger partial charge in [0.15, 0.2) is 5.78 Å². The molecule has 0 spiro atoms. The maximum Gasteiger partial charge on any atom is 0.417 e. The van der Waals surface area contributed by atoms with E-state index in [1.807, 2.05) is 32.9 Å². The summed E-state index contributed by atoms with van der Waals surface area (Å²) in [6.45, 7) is 5.99. The Bertz CT molecular complexity index is 1230. The van der Waals surface area contributed by atoms with Crippen LogP contribution in [0, 0.1) is 12.8 Å². The van der Waals surface area contributed by atoms with Crippen molar-refractivity contribution in [1.29, 1.82) is 0 Å². The van der Waals surface area contributed by atoms with E-state index < -0.39 is 21.9 Å². The molecule has 2 aromatic rings. The molecule has 0 radical (unpaired) electrons. The molecule has 3 rings (SSSR count). The highest BCUT2D eigenvalue weighted by atomic mass is 32.2. The van der Waals surface area contributed by atoms with Crippen molar-refractivity contribution >= 4 is 33.2 Å². The van der Waals surface area contributed by atoms with Crippen LogP contribution < -0.4 is 0 Å². The lowest BCUT2D eigenvalue weighted by molar-refractivity contribution is -0.137. The Balaban J connectivity index is 1.85. The van der Waals surface area contributed by atoms with Gasteiger partial charge in [0.2, 0.25) is 0 Å². The second-order valence-corrected chi connectivity index (χ2v) is 11.7. The number of aryl methyl sites for hydroxylation is 3. The van der Waals surface area contributed by atoms with E-state index in [2.05, 4.69) is 4.98 Å². The highest BCUT2D eigenvalue weighted by Gasteiger charge is 2.34. The summed E-state index contributed by atoms with van der Waals surface area (Å²) in [5.41, 5.74) is 3.35. The Morgan fingerprint density at radius 3 is 2.25 bits per heavy atom. The minimum Gasteiger partial charge on any atom is -0.386 e. The van der Waals surface area contributed by atoms with Gasteiger partial charge in [-0.15, -0.1) is 11.8 Å². The number of carbonyl (C=O) groups is 1. The van der Waals surface area contributed by atoms with Crippen LogP contribution in [0.3, 0.4) is 0 Å². The van der Waals surface area contributed by atoms with Crippen LogP contribution in [0.2, 0.25) is 0 Å². The molecule has 0 fully saturated rings. The summed E-state index contributed by atoms with van der Waals surface area (Å²) >= 11 is 1.30. The van der Waals surface area contributed by atoms with Gasteiger partial charge in [-0.05, 0) is 66.7 Å². The van der Waals surface area contributed by atoms with Crippen LogP contribution >= 0.6 is 11.8 Å². The largest absolute Gasteiger partial charge is 0.417 e. The number of carbonyl (C=O) groups excluding carboxylic acids is 1. The summed E-state index contributed by atoms with van der Waals surface area (Å²) in [5, 5.41) is 0.453. The van der Waals surface area contributed by atoms with Crippen molar-refractivity contribution in [3.8, 4) is 0 Å². The fourth-order valence-electron chi connectivity index (χ4n) is 4.48. The van der Waals surface area contributed by atoms with Crippen LogP contribution in [0.1, 0.15) is 60.9 Å². The Morgan fingerprint density at radius 1 is 1.11 bits per heavy atom. The molecule has 0 bridgehead atoms. The Hall–Kier alpha value is -2.33. The molecule has 36 heavy (non-hydrogen) atoms. The van der Waals surface area contributed by atoms with E-state index in [4.69, 9.17) is 4.18 Å². The number of alkyl halides is 3. The predicted molar refractivity (Wildman–Crippen MR) is 135 cm³/mol. The average molecular weight is 542 g/mol. The van der Waals surface area contributed by atoms with E-state index in [9.17, 15) is 26.4 Å². The molecule has 1 atom stereocenters. The third kappa shape index (κ3) is 7.12. The molecular formula is C26H30F3NO4S2. The zero-order valence-electron chi connectivity index (χ0n) is 20.7. The zero-order chi connectivity index (χ0) is 26.7. The molecule has 0 saturated heterocycles. The molecule has 1 aliphatic carbocycles. The monoisotopic (exact) mass is 541 g/mol. The lowest BCUT2D eigenvalue weighted by atomic mass is 9.79. The van der Waals surface area contributed by atoms with Crippen LogP contribution in [0.4, 0.5) is 13.2 Å². The van der Waals surface area contributed by atoms with Crippen molar-refractivity contribution in [3.05, 3.63) is 64.0 Å². The molecule has 0 amide bonds. The third-order valence-electron chi connectivity index (χ3n) is 6.06. The number of rotatable bonds is 9. The Labute approximate surface area is 214 Å². The molecule has 196 valence electrons. The minimum atomic E-state index is -4.44. The van der Waals surface area contributed by atoms with Crippen LogP contribution in [-0.2, 0) is 38.1 Å². The number of thioether (sulfide) groups is 1. The predicted octanol–water partition coefficient (Wildman–Crippen LogP) is 6.38. The Kier molecular flexibility index (Phi) is 8.93. The van der Waals surface area contributed by atoms with E-state index in [-0.39, 0.29) is 30.3 Å². The summed E-state index contributed by atoms with van der Waals surface area (Å²) in [5.74, 6) is 0.379. The molecule has 1 unspecified atom stereocenters. The number of aromatic nitrogens is 1. The highest BCUT2D eigenvalue weighted by Crippen LogP contribution is 2.40. The topological polar surface area (TPSA) is 73.3 Å². The number of hydrogen-bond acceptors (Lipinski definition) is 6. The van der Waals surface area contributed by atoms with Crippen molar-refractivity contribution in [3.63, 3.8) is 0 Å². The number of Topliss-reactive ketones (excluding diaryl/α,β-unsaturated/α-hetero) is 1. The first kappa shape index (κ1) is 28.2. The van der Waals surface area contributed by atoms with Gasteiger partial charge in [0.25, 0.3) is 0 Å². The molecule has 1 aromatic heterocycles. The normalized spacial score (nSPS) is 17.0. The smallest absolute Gasteiger partial charge is 0.386 e. The van der Waals surface area contributed by atoms with Crippen molar-refractivity contribution in [2.75, 3.05) is 12.0 Å². The minimum absolute atomic E-state index is 0.152. The number of halogens is 3. The fraction of sp³-hybridized carbons (Fsp3) is 0.462. The van der Waals surface area contributed by atoms with Gasteiger partial charge in [-0.1, -0.05) is 31.5 Å². The average Bonchev–Trinajstić information content (AvgIpc) is 2.77. The van der Waals surface area contributed by atoms with Gasteiger partial charge >= 0.3 is 16.3 Å². The summed E-state index contributed by atoms with van der Waals surface area (Å²) in [6, 6.07) is 6.36. The van der Waals surface area contributed by atoms with Gasteiger partial charge in [0.05, 0.1) is 22.4 Å². The van der Waals surface area contributed by atoms with Crippen LogP contribution in [0.25, 0.3) is 5.57 Å². The van der Waals surface area contributed by atoms with E-state index in [0.29, 0.717) is 35.6 Å². The van der Waals surface area contributed by atoms with Gasteiger partial charge in [0.1, 0.15) is 5.76 Å². The summed E-state index contributed by atoms with van der Waals surface area (Å²) in [6.07, 6.45) is -0.210. The number of hydrogen-bond donors (Lipinski definition) is 0. The maximum atomic E-state index is 13.4. The van der Waals surface area contributed by atoms with Crippen molar-refractivity contribution in [1.82, 2.24) is 4.98 Å². The highest BCUT2D eigenvalue weighted by molar-refractivity contribution is 7.99. The molecule has 0 N–H and O–H groups in total. The second-order valence-electron chi connectivity index (χ2n) is 8.97. The lowest BCUT2D eigenvalue weighted by Crippen LogP contribution is -2.23. The quantitative estimate of drug-likeness (QED) is 0.271. The molecule has 0 saturated carbocycles. The number of allylic oxidation sites excluding steroid dienone is 2. The first-order chi connectivity index (χ1) is 16.8. The van der Waals surface area contributed by atoms with Crippen LogP contribution in [0.15, 0.2) is 41.2 Å². The standard InChI is InChI=1S/C26H30F3NO4S2/c1-5-18-11-16(3)12-19(6-2)24(18)25-21(31)13-17(14-22(25)34-36(4,32)33)9-10-35-23-8-7-20(15-30-23)26(27,28)29/h7-8,11-12,15,17H,5-6,9-10,13-14H2,1-4H3. The zero-order valence-corrected chi connectivity index (χ0v) is 22.4. The first-order valence-electron chi connectivity index (χ1n) is 11.8. The van der Waals surface area contributed by atoms with Crippen molar-refractivity contribution < 1.29 is 30.6 Å². The van der Waals surface area contributed by atoms with Gasteiger partial charge in [-0.3, -0.25) is 4.79 Å². The molecule has 1 heterocycles. The van der Waals surface area contributed by atoms with Gasteiger partial charge in [-0.2, -0.15) is 21.6 Å². The number of benzene rings is 1. The van der Waals surface area contributed by atoms with Crippen LogP contribution in [-0.4, -0.2) is 31.2 Å². The SMILES string of the molecule is CCc1cc(C)cc(CC)c1C1=C(OS(C)(=O)=O)CC(CCSc2ccc(C(F)(F)F)cn2)CC1=O. The summed E-state index contributed by atoms with van der Waals surface area (Å²) in [4.78, 5) is 17.3. The molecule has 5 nitrogen and oxygen atoms in total. The Morgan fingerprint density at radius 2 is 1.75 bits per heavy atom. The van der Waals surface area contributed by atoms with E-state index in [1.165, 1.54) is 17.8 Å². The maximum absolute atomic E-state index is 13.4. The molecular weight excluding hydrogens is 511 g/mol. The third-order valence-corrected chi connectivity index (χ3v) is 7.54. The van der Waals surface area contributed by atoms with E-state index >= 15 is 0 Å². The first-order valence-corrected chi connectivity index (χ1v) is 14.6. The molecule has 10 heteroatoms. The van der Waals surface area contributed by atoms with E-state index in [0.717, 1.165) is 40.8 Å². The van der Waals surface area contributed by atoms with Gasteiger partial charge in [0, 0.05) is 19.0 Å². The number of pyridine rings is 1. The van der Waals surface area contributed by atoms with E-state index in [1.54, 1.807) is 0 Å². The number of nitrogens with zero attached hydrogens (tertiary/aromatic N) is 1. The molecule has 0 aliphatic heterocycles. The van der Waals surface area contributed by atoms with Gasteiger partial charge in [-0.25, -0.2) is 4.98 Å². The number of ketones is 1. The molecule has 1 aromatic carbocycles. The summed E-state index contributed by atoms with van der Waals surface area (Å²) in [7, 11) is -3.86.